The van der Waals surface area contributed by atoms with Crippen LogP contribution in [0.25, 0.3) is 0 Å². The molecule has 1 amide bonds. The summed E-state index contributed by atoms with van der Waals surface area (Å²) in [6, 6.07) is 12.5. The van der Waals surface area contributed by atoms with Gasteiger partial charge in [0.1, 0.15) is 0 Å². The second-order valence-electron chi connectivity index (χ2n) is 5.14. The highest BCUT2D eigenvalue weighted by Gasteiger charge is 2.17. The molecule has 0 aliphatic rings. The Bertz CT molecular complexity index is 670. The molecule has 0 heterocycles. The maximum atomic E-state index is 12.4. The molecule has 2 rings (SSSR count). The quantitative estimate of drug-likeness (QED) is 0.786. The van der Waals surface area contributed by atoms with Gasteiger partial charge < -0.3 is 25.3 Å². The third-order valence-corrected chi connectivity index (χ3v) is 3.64. The number of amides is 1. The molecule has 0 saturated heterocycles. The van der Waals surface area contributed by atoms with Gasteiger partial charge >= 0.3 is 0 Å². The second kappa shape index (κ2) is 9.76. The molecule has 1 atom stereocenters. The highest BCUT2D eigenvalue weighted by Crippen LogP contribution is 2.38. The van der Waals surface area contributed by atoms with Crippen molar-refractivity contribution in [3.63, 3.8) is 0 Å². The molecule has 0 bridgehead atoms. The summed E-state index contributed by atoms with van der Waals surface area (Å²) in [5, 5.41) is 2.82. The van der Waals surface area contributed by atoms with Crippen LogP contribution < -0.4 is 25.3 Å². The Balaban J connectivity index is 0.00000312. The van der Waals surface area contributed by atoms with E-state index in [2.05, 4.69) is 5.32 Å². The summed E-state index contributed by atoms with van der Waals surface area (Å²) in [5.41, 5.74) is 7.46. The minimum Gasteiger partial charge on any atom is -0.493 e. The number of hydrogen-bond acceptors (Lipinski definition) is 5. The lowest BCUT2D eigenvalue weighted by molar-refractivity contribution is 0.0950. The topological polar surface area (TPSA) is 82.8 Å². The predicted octanol–water partition coefficient (Wildman–Crippen LogP) is 2.56. The van der Waals surface area contributed by atoms with E-state index in [0.717, 1.165) is 5.56 Å². The van der Waals surface area contributed by atoms with E-state index < -0.39 is 0 Å². The van der Waals surface area contributed by atoms with Crippen molar-refractivity contribution in [3.05, 3.63) is 53.6 Å². The Morgan fingerprint density at radius 2 is 1.60 bits per heavy atom. The number of methoxy groups -OCH3 is 3. The van der Waals surface area contributed by atoms with Gasteiger partial charge in [0.05, 0.1) is 21.3 Å². The average Bonchev–Trinajstić information content (AvgIpc) is 2.65. The summed E-state index contributed by atoms with van der Waals surface area (Å²) in [4.78, 5) is 12.4. The summed E-state index contributed by atoms with van der Waals surface area (Å²) in [5.74, 6) is 1.03. The molecule has 6 nitrogen and oxygen atoms in total. The van der Waals surface area contributed by atoms with Crippen LogP contribution in [-0.2, 0) is 0 Å². The fourth-order valence-corrected chi connectivity index (χ4v) is 2.33. The molecule has 0 spiro atoms. The number of rotatable bonds is 7. The second-order valence-corrected chi connectivity index (χ2v) is 5.14. The Labute approximate surface area is 153 Å². The average molecular weight is 367 g/mol. The smallest absolute Gasteiger partial charge is 0.251 e. The molecule has 25 heavy (non-hydrogen) atoms. The fourth-order valence-electron chi connectivity index (χ4n) is 2.33. The van der Waals surface area contributed by atoms with Crippen LogP contribution in [0.15, 0.2) is 42.5 Å². The molecule has 0 aliphatic carbocycles. The monoisotopic (exact) mass is 366 g/mol. The van der Waals surface area contributed by atoms with Crippen LogP contribution in [0.3, 0.4) is 0 Å². The van der Waals surface area contributed by atoms with Crippen molar-refractivity contribution in [3.8, 4) is 17.2 Å². The van der Waals surface area contributed by atoms with Crippen molar-refractivity contribution in [2.24, 2.45) is 5.73 Å². The third kappa shape index (κ3) is 5.01. The van der Waals surface area contributed by atoms with Crippen LogP contribution in [0.2, 0.25) is 0 Å². The number of carbonyl (C=O) groups excluding carboxylic acids is 1. The number of nitrogens with two attached hydrogens (primary N) is 1. The van der Waals surface area contributed by atoms with E-state index in [4.69, 9.17) is 19.9 Å². The first-order valence-corrected chi connectivity index (χ1v) is 7.49. The number of nitrogens with one attached hydrogen (secondary N) is 1. The van der Waals surface area contributed by atoms with Crippen LogP contribution in [0.4, 0.5) is 0 Å². The van der Waals surface area contributed by atoms with Crippen molar-refractivity contribution >= 4 is 18.3 Å². The van der Waals surface area contributed by atoms with E-state index in [0.29, 0.717) is 29.4 Å². The van der Waals surface area contributed by atoms with Gasteiger partial charge in [-0.2, -0.15) is 0 Å². The maximum absolute atomic E-state index is 12.4. The standard InChI is InChI=1S/C18H22N2O4.ClH/c1-22-15-9-13(10-16(23-2)17(15)24-3)18(21)20-11-14(19)12-7-5-4-6-8-12;/h4-10,14H,11,19H2,1-3H3,(H,20,21);1H. The van der Waals surface area contributed by atoms with E-state index in [-0.39, 0.29) is 24.4 Å². The van der Waals surface area contributed by atoms with Crippen LogP contribution in [0.5, 0.6) is 17.2 Å². The van der Waals surface area contributed by atoms with E-state index >= 15 is 0 Å². The molecule has 0 radical (unpaired) electrons. The summed E-state index contributed by atoms with van der Waals surface area (Å²) >= 11 is 0. The molecule has 0 fully saturated rings. The Hall–Kier alpha value is -2.44. The molecular weight excluding hydrogens is 344 g/mol. The number of halogens is 1. The van der Waals surface area contributed by atoms with Gasteiger partial charge in [-0.25, -0.2) is 0 Å². The summed E-state index contributed by atoms with van der Waals surface area (Å²) in [7, 11) is 4.52. The van der Waals surface area contributed by atoms with Crippen LogP contribution >= 0.6 is 12.4 Å². The van der Waals surface area contributed by atoms with E-state index in [1.165, 1.54) is 21.3 Å². The number of carbonyl (C=O) groups is 1. The Morgan fingerprint density at radius 3 is 2.08 bits per heavy atom. The van der Waals surface area contributed by atoms with Gasteiger partial charge in [0.2, 0.25) is 5.75 Å². The molecule has 0 saturated carbocycles. The van der Waals surface area contributed by atoms with E-state index in [1.807, 2.05) is 30.3 Å². The van der Waals surface area contributed by atoms with Crippen molar-refractivity contribution in [1.29, 1.82) is 0 Å². The van der Waals surface area contributed by atoms with E-state index in [1.54, 1.807) is 12.1 Å². The Kier molecular flexibility index (Phi) is 8.04. The van der Waals surface area contributed by atoms with Crippen molar-refractivity contribution in [2.75, 3.05) is 27.9 Å². The molecule has 2 aromatic carbocycles. The van der Waals surface area contributed by atoms with Crippen molar-refractivity contribution in [2.45, 2.75) is 6.04 Å². The van der Waals surface area contributed by atoms with Gasteiger partial charge in [-0.1, -0.05) is 30.3 Å². The molecule has 136 valence electrons. The zero-order valence-corrected chi connectivity index (χ0v) is 15.3. The molecule has 0 aliphatic heterocycles. The molecule has 3 N–H and O–H groups in total. The summed E-state index contributed by atoms with van der Waals surface area (Å²) in [6.45, 7) is 0.319. The lowest BCUT2D eigenvalue weighted by atomic mass is 10.1. The number of ether oxygens (including phenoxy) is 3. The highest BCUT2D eigenvalue weighted by molar-refractivity contribution is 5.95. The first kappa shape index (κ1) is 20.6. The van der Waals surface area contributed by atoms with Gasteiger partial charge in [-0.05, 0) is 17.7 Å². The minimum atomic E-state index is -0.280. The molecule has 0 aromatic heterocycles. The normalized spacial score (nSPS) is 11.0. The first-order chi connectivity index (χ1) is 11.6. The fraction of sp³-hybridized carbons (Fsp3) is 0.278. The van der Waals surface area contributed by atoms with Crippen LogP contribution in [0, 0.1) is 0 Å². The molecular formula is C18H23ClN2O4. The molecule has 1 unspecified atom stereocenters. The van der Waals surface area contributed by atoms with Gasteiger partial charge in [0.15, 0.2) is 11.5 Å². The largest absolute Gasteiger partial charge is 0.493 e. The summed E-state index contributed by atoms with van der Waals surface area (Å²) < 4.78 is 15.8. The maximum Gasteiger partial charge on any atom is 0.251 e. The zero-order valence-electron chi connectivity index (χ0n) is 14.4. The number of benzene rings is 2. The number of hydrogen-bond donors (Lipinski definition) is 2. The van der Waals surface area contributed by atoms with Crippen molar-refractivity contribution in [1.82, 2.24) is 5.32 Å². The first-order valence-electron chi connectivity index (χ1n) is 7.49. The SMILES string of the molecule is COc1cc(C(=O)NCC(N)c2ccccc2)cc(OC)c1OC.Cl. The third-order valence-electron chi connectivity index (χ3n) is 3.64. The predicted molar refractivity (Wildman–Crippen MR) is 99.0 cm³/mol. The lowest BCUT2D eigenvalue weighted by Gasteiger charge is -2.16. The molecule has 2 aromatic rings. The molecule has 7 heteroatoms. The summed E-state index contributed by atoms with van der Waals surface area (Å²) in [6.07, 6.45) is 0. The van der Waals surface area contributed by atoms with Gasteiger partial charge in [-0.3, -0.25) is 4.79 Å². The van der Waals surface area contributed by atoms with Crippen LogP contribution in [-0.4, -0.2) is 33.8 Å². The van der Waals surface area contributed by atoms with E-state index in [9.17, 15) is 4.79 Å². The lowest BCUT2D eigenvalue weighted by Crippen LogP contribution is -2.31. The zero-order chi connectivity index (χ0) is 17.5. The van der Waals surface area contributed by atoms with Crippen molar-refractivity contribution < 1.29 is 19.0 Å². The van der Waals surface area contributed by atoms with Gasteiger partial charge in [0.25, 0.3) is 5.91 Å². The highest BCUT2D eigenvalue weighted by atomic mass is 35.5. The minimum absolute atomic E-state index is 0. The van der Waals surface area contributed by atoms with Crippen LogP contribution in [0.1, 0.15) is 22.0 Å². The Morgan fingerprint density at radius 1 is 1.04 bits per heavy atom. The van der Waals surface area contributed by atoms with Gasteiger partial charge in [-0.15, -0.1) is 12.4 Å². The van der Waals surface area contributed by atoms with Gasteiger partial charge in [0, 0.05) is 18.2 Å².